The molecule has 122 valence electrons. The van der Waals surface area contributed by atoms with E-state index in [2.05, 4.69) is 21.0 Å². The lowest BCUT2D eigenvalue weighted by Crippen LogP contribution is -2.05. The highest BCUT2D eigenvalue weighted by Crippen LogP contribution is 2.31. The summed E-state index contributed by atoms with van der Waals surface area (Å²) < 4.78 is 7.58. The second-order valence-corrected chi connectivity index (χ2v) is 6.41. The Labute approximate surface area is 149 Å². The Kier molecular flexibility index (Phi) is 4.16. The number of rotatable bonds is 4. The van der Waals surface area contributed by atoms with Crippen molar-refractivity contribution < 1.29 is 4.74 Å². The smallest absolute Gasteiger partial charge is 0.189 e. The van der Waals surface area contributed by atoms with Gasteiger partial charge in [-0.15, -0.1) is 11.6 Å². The largest absolute Gasteiger partial charge is 0.493 e. The fourth-order valence-electron chi connectivity index (χ4n) is 2.82. The van der Waals surface area contributed by atoms with Gasteiger partial charge in [0.15, 0.2) is 5.16 Å². The van der Waals surface area contributed by atoms with E-state index in [4.69, 9.17) is 16.3 Å². The van der Waals surface area contributed by atoms with Gasteiger partial charge in [0.05, 0.1) is 24.4 Å². The number of benzene rings is 1. The van der Waals surface area contributed by atoms with Crippen molar-refractivity contribution in [3.8, 4) is 23.0 Å². The van der Waals surface area contributed by atoms with Crippen molar-refractivity contribution >= 4 is 23.4 Å². The maximum atomic E-state index is 6.12. The van der Waals surface area contributed by atoms with E-state index in [9.17, 15) is 0 Å². The number of hydrogen-bond acceptors (Lipinski definition) is 5. The molecule has 0 spiro atoms. The summed E-state index contributed by atoms with van der Waals surface area (Å²) >= 11 is 7.63. The van der Waals surface area contributed by atoms with E-state index in [0.717, 1.165) is 46.8 Å². The van der Waals surface area contributed by atoms with Gasteiger partial charge in [0.25, 0.3) is 0 Å². The topological polar surface area (TPSA) is 52.8 Å². The third kappa shape index (κ3) is 2.65. The van der Waals surface area contributed by atoms with Crippen molar-refractivity contribution in [1.29, 1.82) is 0 Å². The molecular formula is C17H15ClN4OS. The Bertz CT molecular complexity index is 896. The van der Waals surface area contributed by atoms with Crippen LogP contribution >= 0.6 is 23.4 Å². The first kappa shape index (κ1) is 15.5. The summed E-state index contributed by atoms with van der Waals surface area (Å²) in [5.74, 6) is 2.92. The first-order valence-corrected chi connectivity index (χ1v) is 9.32. The Morgan fingerprint density at radius 2 is 2.21 bits per heavy atom. The summed E-state index contributed by atoms with van der Waals surface area (Å²) in [6.45, 7) is 0.739. The molecule has 0 unspecified atom stereocenters. The number of imidazole rings is 1. The Morgan fingerprint density at radius 1 is 1.29 bits per heavy atom. The molecule has 0 saturated heterocycles. The maximum absolute atomic E-state index is 6.12. The molecular weight excluding hydrogens is 344 g/mol. The zero-order valence-corrected chi connectivity index (χ0v) is 14.6. The van der Waals surface area contributed by atoms with Crippen molar-refractivity contribution in [1.82, 2.24) is 19.5 Å². The van der Waals surface area contributed by atoms with Crippen LogP contribution in [0.5, 0.6) is 5.75 Å². The molecule has 0 bridgehead atoms. The van der Waals surface area contributed by atoms with Gasteiger partial charge in [-0.3, -0.25) is 4.57 Å². The molecule has 0 amide bonds. The highest BCUT2D eigenvalue weighted by atomic mass is 35.5. The van der Waals surface area contributed by atoms with Crippen LogP contribution in [0.1, 0.15) is 11.3 Å². The van der Waals surface area contributed by atoms with E-state index < -0.39 is 0 Å². The third-order valence-electron chi connectivity index (χ3n) is 3.95. The Hall–Kier alpha value is -2.05. The summed E-state index contributed by atoms with van der Waals surface area (Å²) in [5.41, 5.74) is 3.14. The molecule has 3 aromatic rings. The number of fused-ring (bicyclic) bond motifs is 1. The molecule has 0 N–H and O–H groups in total. The molecule has 0 atom stereocenters. The van der Waals surface area contributed by atoms with Crippen LogP contribution in [0.25, 0.3) is 17.2 Å². The quantitative estimate of drug-likeness (QED) is 0.404. The average molecular weight is 359 g/mol. The van der Waals surface area contributed by atoms with E-state index in [1.54, 1.807) is 12.4 Å². The van der Waals surface area contributed by atoms with Crippen molar-refractivity contribution in [3.63, 3.8) is 0 Å². The fraction of sp³-hybridized carbons (Fsp3) is 0.235. The third-order valence-corrected chi connectivity index (χ3v) is 4.79. The molecule has 1 aliphatic rings. The minimum Gasteiger partial charge on any atom is -0.493 e. The number of aromatic nitrogens is 4. The van der Waals surface area contributed by atoms with Crippen LogP contribution in [0.15, 0.2) is 41.8 Å². The van der Waals surface area contributed by atoms with Gasteiger partial charge in [-0.05, 0) is 36.1 Å². The molecule has 0 aliphatic carbocycles. The molecule has 0 fully saturated rings. The molecule has 24 heavy (non-hydrogen) atoms. The minimum absolute atomic E-state index is 0.361. The number of alkyl halides is 1. The average Bonchev–Trinajstić information content (AvgIpc) is 3.27. The van der Waals surface area contributed by atoms with Crippen molar-refractivity contribution in [2.75, 3.05) is 12.9 Å². The molecule has 0 saturated carbocycles. The van der Waals surface area contributed by atoms with Gasteiger partial charge in [-0.2, -0.15) is 0 Å². The van der Waals surface area contributed by atoms with E-state index >= 15 is 0 Å². The summed E-state index contributed by atoms with van der Waals surface area (Å²) in [6, 6.07) is 8.04. The number of hydrogen-bond donors (Lipinski definition) is 0. The summed E-state index contributed by atoms with van der Waals surface area (Å²) in [5, 5.41) is 0.718. The van der Waals surface area contributed by atoms with Crippen LogP contribution in [-0.4, -0.2) is 32.4 Å². The van der Waals surface area contributed by atoms with Crippen LogP contribution < -0.4 is 4.74 Å². The first-order valence-electron chi connectivity index (χ1n) is 7.56. The van der Waals surface area contributed by atoms with E-state index in [-0.39, 0.29) is 0 Å². The van der Waals surface area contributed by atoms with Crippen LogP contribution in [0.4, 0.5) is 0 Å². The lowest BCUT2D eigenvalue weighted by molar-refractivity contribution is 0.357. The Balaban J connectivity index is 1.86. The molecule has 4 rings (SSSR count). The SMILES string of the molecule is CSc1nccc(-n2c(CCl)cnc2-c2ccc3c(c2)CCO3)n1. The second kappa shape index (κ2) is 6.45. The highest BCUT2D eigenvalue weighted by Gasteiger charge is 2.18. The highest BCUT2D eigenvalue weighted by molar-refractivity contribution is 7.98. The zero-order valence-electron chi connectivity index (χ0n) is 13.1. The zero-order chi connectivity index (χ0) is 16.5. The van der Waals surface area contributed by atoms with Gasteiger partial charge in [-0.1, -0.05) is 11.8 Å². The number of thioether (sulfide) groups is 1. The monoisotopic (exact) mass is 358 g/mol. The van der Waals surface area contributed by atoms with E-state index in [1.807, 2.05) is 29.0 Å². The Morgan fingerprint density at radius 3 is 3.04 bits per heavy atom. The van der Waals surface area contributed by atoms with E-state index in [0.29, 0.717) is 5.88 Å². The van der Waals surface area contributed by atoms with Crippen LogP contribution in [0.2, 0.25) is 0 Å². The van der Waals surface area contributed by atoms with Gasteiger partial charge in [0.2, 0.25) is 0 Å². The number of halogens is 1. The summed E-state index contributed by atoms with van der Waals surface area (Å²) in [7, 11) is 0. The van der Waals surface area contributed by atoms with Crippen LogP contribution in [0.3, 0.4) is 0 Å². The molecule has 7 heteroatoms. The van der Waals surface area contributed by atoms with Gasteiger partial charge >= 0.3 is 0 Å². The molecule has 1 aliphatic heterocycles. The number of ether oxygens (including phenoxy) is 1. The lowest BCUT2D eigenvalue weighted by Gasteiger charge is -2.11. The molecule has 0 radical (unpaired) electrons. The summed E-state index contributed by atoms with van der Waals surface area (Å²) in [6.07, 6.45) is 6.44. The van der Waals surface area contributed by atoms with Crippen molar-refractivity contribution in [3.05, 3.63) is 47.9 Å². The molecule has 2 aromatic heterocycles. The van der Waals surface area contributed by atoms with Gasteiger partial charge in [-0.25, -0.2) is 15.0 Å². The van der Waals surface area contributed by atoms with Gasteiger partial charge in [0, 0.05) is 18.2 Å². The maximum Gasteiger partial charge on any atom is 0.189 e. The van der Waals surface area contributed by atoms with Crippen LogP contribution in [0, 0.1) is 0 Å². The van der Waals surface area contributed by atoms with E-state index in [1.165, 1.54) is 17.3 Å². The molecule has 3 heterocycles. The minimum atomic E-state index is 0.361. The first-order chi connectivity index (χ1) is 11.8. The standard InChI is InChI=1S/C17H15ClN4OS/c1-24-17-19-6-4-15(21-17)22-13(9-18)10-20-16(22)12-2-3-14-11(8-12)5-7-23-14/h2-4,6,8,10H,5,7,9H2,1H3. The molecule has 1 aromatic carbocycles. The second-order valence-electron chi connectivity index (χ2n) is 5.36. The summed E-state index contributed by atoms with van der Waals surface area (Å²) in [4.78, 5) is 13.4. The van der Waals surface area contributed by atoms with Gasteiger partial charge < -0.3 is 4.74 Å². The molecule has 5 nitrogen and oxygen atoms in total. The predicted molar refractivity (Wildman–Crippen MR) is 95.1 cm³/mol. The lowest BCUT2D eigenvalue weighted by atomic mass is 10.1. The van der Waals surface area contributed by atoms with Crippen molar-refractivity contribution in [2.45, 2.75) is 17.5 Å². The fourth-order valence-corrected chi connectivity index (χ4v) is 3.36. The number of nitrogens with zero attached hydrogens (tertiary/aromatic N) is 4. The predicted octanol–water partition coefficient (Wildman–Crippen LogP) is 3.72. The van der Waals surface area contributed by atoms with Crippen molar-refractivity contribution in [2.24, 2.45) is 0 Å². The normalized spacial score (nSPS) is 12.9. The van der Waals surface area contributed by atoms with Gasteiger partial charge in [0.1, 0.15) is 17.4 Å². The van der Waals surface area contributed by atoms with Crippen LogP contribution in [-0.2, 0) is 12.3 Å².